The van der Waals surface area contributed by atoms with Crippen LogP contribution in [0.2, 0.25) is 0 Å². The molecule has 2 amide bonds. The maximum atomic E-state index is 13.3. The molecule has 0 fully saturated rings. The van der Waals surface area contributed by atoms with Crippen LogP contribution >= 0.6 is 0 Å². The molecule has 0 spiro atoms. The van der Waals surface area contributed by atoms with Gasteiger partial charge >= 0.3 is 0 Å². The molecular formula is C27H27N3O6S. The molecule has 0 bridgehead atoms. The van der Waals surface area contributed by atoms with Crippen LogP contribution in [-0.2, 0) is 32.5 Å². The second-order valence-electron chi connectivity index (χ2n) is 8.97. The summed E-state index contributed by atoms with van der Waals surface area (Å²) in [6.45, 7) is 0.413. The van der Waals surface area contributed by atoms with Crippen molar-refractivity contribution in [3.8, 4) is 11.5 Å². The van der Waals surface area contributed by atoms with Crippen molar-refractivity contribution in [2.24, 2.45) is 0 Å². The second-order valence-corrected chi connectivity index (χ2v) is 10.7. The number of aryl methyl sites for hydroxylation is 1. The van der Waals surface area contributed by atoms with E-state index in [4.69, 9.17) is 9.47 Å². The van der Waals surface area contributed by atoms with E-state index in [0.717, 1.165) is 11.1 Å². The molecule has 2 unspecified atom stereocenters. The third kappa shape index (κ3) is 5.92. The number of amides is 2. The summed E-state index contributed by atoms with van der Waals surface area (Å²) < 4.78 is 40.8. The summed E-state index contributed by atoms with van der Waals surface area (Å²) in [5.41, 5.74) is 2.15. The maximum Gasteiger partial charge on any atom is 0.241 e. The van der Waals surface area contributed by atoms with Crippen molar-refractivity contribution in [1.29, 1.82) is 0 Å². The Morgan fingerprint density at radius 1 is 1.00 bits per heavy atom. The van der Waals surface area contributed by atoms with Crippen LogP contribution in [0, 0.1) is 0 Å². The van der Waals surface area contributed by atoms with Crippen LogP contribution in [0.4, 0.5) is 5.69 Å². The fourth-order valence-corrected chi connectivity index (χ4v) is 5.57. The molecule has 10 heteroatoms. The van der Waals surface area contributed by atoms with Crippen molar-refractivity contribution in [3.63, 3.8) is 0 Å². The lowest BCUT2D eigenvalue weighted by atomic mass is 10.0. The fraction of sp³-hybridized carbons (Fsp3) is 0.259. The van der Waals surface area contributed by atoms with E-state index in [9.17, 15) is 18.0 Å². The molecule has 5 rings (SSSR count). The Hall–Kier alpha value is -3.89. The van der Waals surface area contributed by atoms with Crippen LogP contribution in [0.1, 0.15) is 17.5 Å². The number of rotatable bonds is 8. The molecule has 37 heavy (non-hydrogen) atoms. The standard InChI is InChI=1S/C27H27N3O6S/c31-26-13-10-19-15-21(11-12-22(19)29-26)37(33,34)30-23(14-18-6-2-1-3-7-18)27(32)28-16-20-17-35-24-8-4-5-9-25(24)36-20/h1-9,11-12,15,20,23,30H,10,13-14,16-17H2,(H,28,32)(H,29,31). The smallest absolute Gasteiger partial charge is 0.241 e. The average molecular weight is 522 g/mol. The lowest BCUT2D eigenvalue weighted by Crippen LogP contribution is -2.50. The molecular weight excluding hydrogens is 494 g/mol. The summed E-state index contributed by atoms with van der Waals surface area (Å²) >= 11 is 0. The molecule has 0 aromatic heterocycles. The van der Waals surface area contributed by atoms with Crippen LogP contribution in [0.3, 0.4) is 0 Å². The maximum absolute atomic E-state index is 13.3. The van der Waals surface area contributed by atoms with E-state index in [2.05, 4.69) is 15.4 Å². The first kappa shape index (κ1) is 24.8. The van der Waals surface area contributed by atoms with Crippen molar-refractivity contribution >= 4 is 27.5 Å². The zero-order chi connectivity index (χ0) is 25.8. The molecule has 0 aliphatic carbocycles. The van der Waals surface area contributed by atoms with Gasteiger partial charge in [0.1, 0.15) is 18.8 Å². The Kier molecular flexibility index (Phi) is 7.11. The molecule has 0 radical (unpaired) electrons. The van der Waals surface area contributed by atoms with E-state index in [-0.39, 0.29) is 30.4 Å². The Labute approximate surface area is 215 Å². The van der Waals surface area contributed by atoms with E-state index in [0.29, 0.717) is 30.0 Å². The van der Waals surface area contributed by atoms with Crippen LogP contribution in [-0.4, -0.2) is 45.5 Å². The molecule has 0 saturated heterocycles. The molecule has 0 saturated carbocycles. The Morgan fingerprint density at radius 3 is 2.57 bits per heavy atom. The minimum Gasteiger partial charge on any atom is -0.486 e. The van der Waals surface area contributed by atoms with Crippen molar-refractivity contribution in [3.05, 3.63) is 83.9 Å². The third-order valence-electron chi connectivity index (χ3n) is 6.25. The number of carbonyl (C=O) groups is 2. The highest BCUT2D eigenvalue weighted by atomic mass is 32.2. The van der Waals surface area contributed by atoms with E-state index >= 15 is 0 Å². The molecule has 3 aromatic rings. The van der Waals surface area contributed by atoms with E-state index in [1.807, 2.05) is 48.5 Å². The van der Waals surface area contributed by atoms with Gasteiger partial charge in [0.2, 0.25) is 21.8 Å². The number of ether oxygens (including phenoxy) is 2. The predicted molar refractivity (Wildman–Crippen MR) is 137 cm³/mol. The van der Waals surface area contributed by atoms with Gasteiger partial charge in [0.15, 0.2) is 11.5 Å². The first-order valence-electron chi connectivity index (χ1n) is 12.0. The molecule has 2 atom stereocenters. The SMILES string of the molecule is O=C1CCc2cc(S(=O)(=O)NC(Cc3ccccc3)C(=O)NCC3COc4ccccc4O3)ccc2N1. The van der Waals surface area contributed by atoms with E-state index in [1.54, 1.807) is 18.2 Å². The summed E-state index contributed by atoms with van der Waals surface area (Å²) in [6, 6.07) is 20.0. The van der Waals surface area contributed by atoms with Gasteiger partial charge in [0, 0.05) is 12.1 Å². The normalized spacial score (nSPS) is 17.3. The number of anilines is 1. The summed E-state index contributed by atoms with van der Waals surface area (Å²) in [7, 11) is -4.03. The number of hydrogen-bond acceptors (Lipinski definition) is 6. The fourth-order valence-electron chi connectivity index (χ4n) is 4.32. The number of fused-ring (bicyclic) bond motifs is 2. The molecule has 192 valence electrons. The van der Waals surface area contributed by atoms with Crippen molar-refractivity contribution < 1.29 is 27.5 Å². The number of carbonyl (C=O) groups excluding carboxylic acids is 2. The summed E-state index contributed by atoms with van der Waals surface area (Å²) in [5.74, 6) is 0.666. The van der Waals surface area contributed by atoms with Crippen LogP contribution in [0.25, 0.3) is 0 Å². The van der Waals surface area contributed by atoms with Gasteiger partial charge in [-0.25, -0.2) is 8.42 Å². The highest BCUT2D eigenvalue weighted by Gasteiger charge is 2.29. The van der Waals surface area contributed by atoms with Gasteiger partial charge in [0.25, 0.3) is 0 Å². The Bertz CT molecular complexity index is 1410. The van der Waals surface area contributed by atoms with E-state index < -0.39 is 28.1 Å². The number of nitrogens with one attached hydrogen (secondary N) is 3. The number of hydrogen-bond donors (Lipinski definition) is 3. The average Bonchev–Trinajstić information content (AvgIpc) is 2.91. The van der Waals surface area contributed by atoms with Crippen LogP contribution < -0.4 is 24.8 Å². The van der Waals surface area contributed by atoms with Crippen LogP contribution in [0.5, 0.6) is 11.5 Å². The first-order chi connectivity index (χ1) is 17.9. The van der Waals surface area contributed by atoms with Crippen LogP contribution in [0.15, 0.2) is 77.7 Å². The monoisotopic (exact) mass is 521 g/mol. The lowest BCUT2D eigenvalue weighted by molar-refractivity contribution is -0.123. The molecule has 2 heterocycles. The quantitative estimate of drug-likeness (QED) is 0.419. The predicted octanol–water partition coefficient (Wildman–Crippen LogP) is 2.42. The third-order valence-corrected chi connectivity index (χ3v) is 7.72. The summed E-state index contributed by atoms with van der Waals surface area (Å²) in [4.78, 5) is 24.9. The van der Waals surface area contributed by atoms with Crippen molar-refractivity contribution in [2.75, 3.05) is 18.5 Å². The number of sulfonamides is 1. The highest BCUT2D eigenvalue weighted by molar-refractivity contribution is 7.89. The van der Waals surface area contributed by atoms with Crippen molar-refractivity contribution in [2.45, 2.75) is 36.3 Å². The lowest BCUT2D eigenvalue weighted by Gasteiger charge is -2.27. The minimum atomic E-state index is -4.03. The largest absolute Gasteiger partial charge is 0.486 e. The van der Waals surface area contributed by atoms with Crippen molar-refractivity contribution in [1.82, 2.24) is 10.0 Å². The molecule has 2 aliphatic rings. The van der Waals surface area contributed by atoms with Gasteiger partial charge in [-0.2, -0.15) is 4.72 Å². The van der Waals surface area contributed by atoms with Gasteiger partial charge < -0.3 is 20.1 Å². The second kappa shape index (κ2) is 10.6. The molecule has 9 nitrogen and oxygen atoms in total. The zero-order valence-electron chi connectivity index (χ0n) is 20.0. The molecule has 2 aliphatic heterocycles. The Balaban J connectivity index is 1.30. The highest BCUT2D eigenvalue weighted by Crippen LogP contribution is 2.30. The first-order valence-corrected chi connectivity index (χ1v) is 13.5. The topological polar surface area (TPSA) is 123 Å². The van der Waals surface area contributed by atoms with Gasteiger partial charge in [0.05, 0.1) is 11.4 Å². The van der Waals surface area contributed by atoms with Gasteiger partial charge in [-0.15, -0.1) is 0 Å². The van der Waals surface area contributed by atoms with Gasteiger partial charge in [-0.3, -0.25) is 9.59 Å². The summed E-state index contributed by atoms with van der Waals surface area (Å²) in [5, 5.41) is 5.56. The van der Waals surface area contributed by atoms with Gasteiger partial charge in [-0.1, -0.05) is 42.5 Å². The number of para-hydroxylation sites is 2. The summed E-state index contributed by atoms with van der Waals surface area (Å²) in [6.07, 6.45) is 0.493. The Morgan fingerprint density at radius 2 is 1.76 bits per heavy atom. The minimum absolute atomic E-state index is 0.0360. The van der Waals surface area contributed by atoms with E-state index in [1.165, 1.54) is 6.07 Å². The van der Waals surface area contributed by atoms with Gasteiger partial charge in [-0.05, 0) is 54.3 Å². The molecule has 3 N–H and O–H groups in total. The number of benzene rings is 3. The zero-order valence-corrected chi connectivity index (χ0v) is 20.8. The molecule has 3 aromatic carbocycles.